The number of hydrogen-bond acceptors (Lipinski definition) is 3. The van der Waals surface area contributed by atoms with Gasteiger partial charge in [-0.3, -0.25) is 9.69 Å². The molecule has 0 saturated carbocycles. The van der Waals surface area contributed by atoms with Gasteiger partial charge in [-0.2, -0.15) is 0 Å². The van der Waals surface area contributed by atoms with Gasteiger partial charge in [-0.05, 0) is 45.8 Å². The van der Waals surface area contributed by atoms with Crippen LogP contribution in [-0.2, 0) is 4.79 Å². The van der Waals surface area contributed by atoms with E-state index in [0.29, 0.717) is 16.6 Å². The van der Waals surface area contributed by atoms with Crippen LogP contribution in [0.15, 0.2) is 47.1 Å². The van der Waals surface area contributed by atoms with Crippen molar-refractivity contribution in [1.82, 2.24) is 4.98 Å². The Bertz CT molecular complexity index is 633. The smallest absolute Gasteiger partial charge is 0.239 e. The van der Waals surface area contributed by atoms with Gasteiger partial charge in [0.15, 0.2) is 0 Å². The minimum absolute atomic E-state index is 0.0477. The lowest BCUT2D eigenvalue weighted by Crippen LogP contribution is -2.28. The van der Waals surface area contributed by atoms with E-state index in [1.54, 1.807) is 22.9 Å². The van der Waals surface area contributed by atoms with E-state index in [9.17, 15) is 4.79 Å². The van der Waals surface area contributed by atoms with Crippen LogP contribution >= 0.6 is 39.3 Å². The lowest BCUT2D eigenvalue weighted by atomic mass is 10.2. The Kier molecular flexibility index (Phi) is 4.01. The summed E-state index contributed by atoms with van der Waals surface area (Å²) in [5, 5.41) is 0.643. The van der Waals surface area contributed by atoms with Crippen LogP contribution in [0.4, 0.5) is 5.82 Å². The van der Waals surface area contributed by atoms with Crippen LogP contribution in [0, 0.1) is 0 Å². The van der Waals surface area contributed by atoms with Crippen molar-refractivity contribution in [1.29, 1.82) is 0 Å². The van der Waals surface area contributed by atoms with Gasteiger partial charge in [-0.1, -0.05) is 23.7 Å². The molecule has 1 saturated heterocycles. The van der Waals surface area contributed by atoms with E-state index < -0.39 is 0 Å². The lowest BCUT2D eigenvalue weighted by Gasteiger charge is -2.23. The molecule has 0 aliphatic carbocycles. The number of carbonyl (C=O) groups excluding carboxylic acids is 1. The first-order valence-electron chi connectivity index (χ1n) is 5.96. The minimum Gasteiger partial charge on any atom is -0.279 e. The normalized spacial score (nSPS) is 18.6. The van der Waals surface area contributed by atoms with Crippen molar-refractivity contribution < 1.29 is 4.79 Å². The second-order valence-electron chi connectivity index (χ2n) is 4.31. The molecule has 6 heteroatoms. The van der Waals surface area contributed by atoms with Gasteiger partial charge >= 0.3 is 0 Å². The number of pyridine rings is 1. The summed E-state index contributed by atoms with van der Waals surface area (Å²) in [6, 6.07) is 11.3. The van der Waals surface area contributed by atoms with E-state index in [1.807, 2.05) is 36.4 Å². The summed E-state index contributed by atoms with van der Waals surface area (Å²) < 4.78 is 0.892. The van der Waals surface area contributed by atoms with Gasteiger partial charge in [0.2, 0.25) is 5.91 Å². The fraction of sp³-hybridized carbons (Fsp3) is 0.143. The van der Waals surface area contributed by atoms with Gasteiger partial charge in [0.05, 0.1) is 5.75 Å². The van der Waals surface area contributed by atoms with Crippen molar-refractivity contribution in [3.05, 3.63) is 57.7 Å². The molecule has 1 atom stereocenters. The molecule has 0 spiro atoms. The van der Waals surface area contributed by atoms with E-state index in [4.69, 9.17) is 11.6 Å². The molecule has 2 aromatic rings. The van der Waals surface area contributed by atoms with Gasteiger partial charge in [0, 0.05) is 15.7 Å². The highest BCUT2D eigenvalue weighted by atomic mass is 79.9. The maximum atomic E-state index is 12.1. The zero-order chi connectivity index (χ0) is 14.1. The molecule has 3 rings (SSSR count). The Morgan fingerprint density at radius 3 is 2.65 bits per heavy atom. The Morgan fingerprint density at radius 1 is 1.25 bits per heavy atom. The molecule has 0 N–H and O–H groups in total. The summed E-state index contributed by atoms with van der Waals surface area (Å²) in [4.78, 5) is 18.2. The quantitative estimate of drug-likeness (QED) is 0.792. The van der Waals surface area contributed by atoms with Crippen molar-refractivity contribution >= 4 is 51.0 Å². The van der Waals surface area contributed by atoms with Crippen LogP contribution in [0.25, 0.3) is 0 Å². The molecule has 1 aromatic carbocycles. The number of amides is 1. The second kappa shape index (κ2) is 5.76. The van der Waals surface area contributed by atoms with E-state index >= 15 is 0 Å². The van der Waals surface area contributed by atoms with Gasteiger partial charge in [-0.15, -0.1) is 11.8 Å². The fourth-order valence-electron chi connectivity index (χ4n) is 2.06. The fourth-order valence-corrected chi connectivity index (χ4v) is 3.58. The molecule has 1 aromatic heterocycles. The molecule has 1 unspecified atom stereocenters. The first-order chi connectivity index (χ1) is 9.65. The van der Waals surface area contributed by atoms with Crippen LogP contribution in [0.2, 0.25) is 5.02 Å². The van der Waals surface area contributed by atoms with Gasteiger partial charge in [0.25, 0.3) is 0 Å². The number of halogens is 2. The SMILES string of the molecule is O=C1CSC(c2ccc(Cl)cc2)N1c1ccc(Br)cn1. The van der Waals surface area contributed by atoms with Crippen LogP contribution in [0.1, 0.15) is 10.9 Å². The number of nitrogens with zero attached hydrogens (tertiary/aromatic N) is 2. The third kappa shape index (κ3) is 2.71. The third-order valence-electron chi connectivity index (χ3n) is 2.98. The van der Waals surface area contributed by atoms with Crippen molar-refractivity contribution in [3.8, 4) is 0 Å². The van der Waals surface area contributed by atoms with Crippen LogP contribution in [0.3, 0.4) is 0 Å². The molecule has 1 amide bonds. The summed E-state index contributed by atoms with van der Waals surface area (Å²) in [5.74, 6) is 1.21. The maximum absolute atomic E-state index is 12.1. The topological polar surface area (TPSA) is 33.2 Å². The summed E-state index contributed by atoms with van der Waals surface area (Å²) in [7, 11) is 0. The Morgan fingerprint density at radius 2 is 2.00 bits per heavy atom. The molecule has 3 nitrogen and oxygen atoms in total. The Balaban J connectivity index is 1.96. The number of benzene rings is 1. The highest BCUT2D eigenvalue weighted by molar-refractivity contribution is 9.10. The maximum Gasteiger partial charge on any atom is 0.239 e. The number of aromatic nitrogens is 1. The third-order valence-corrected chi connectivity index (χ3v) is 4.92. The monoisotopic (exact) mass is 368 g/mol. The van der Waals surface area contributed by atoms with E-state index in [-0.39, 0.29) is 11.3 Å². The molecule has 1 fully saturated rings. The minimum atomic E-state index is -0.0477. The van der Waals surface area contributed by atoms with Crippen molar-refractivity contribution in [2.75, 3.05) is 10.7 Å². The van der Waals surface area contributed by atoms with Crippen LogP contribution in [-0.4, -0.2) is 16.6 Å². The second-order valence-corrected chi connectivity index (χ2v) is 6.73. The van der Waals surface area contributed by atoms with Crippen molar-refractivity contribution in [2.45, 2.75) is 5.37 Å². The molecular formula is C14H10BrClN2OS. The highest BCUT2D eigenvalue weighted by Crippen LogP contribution is 2.41. The standard InChI is InChI=1S/C14H10BrClN2OS/c15-10-3-6-12(17-7-10)18-13(19)8-20-14(18)9-1-4-11(16)5-2-9/h1-7,14H,8H2. The van der Waals surface area contributed by atoms with E-state index in [2.05, 4.69) is 20.9 Å². The zero-order valence-electron chi connectivity index (χ0n) is 10.3. The predicted octanol–water partition coefficient (Wildman–Crippen LogP) is 4.28. The summed E-state index contributed by atoms with van der Waals surface area (Å²) in [5.41, 5.74) is 1.05. The van der Waals surface area contributed by atoms with Crippen molar-refractivity contribution in [2.24, 2.45) is 0 Å². The molecule has 0 bridgehead atoms. The first-order valence-corrected chi connectivity index (χ1v) is 8.18. The Labute approximate surface area is 134 Å². The van der Waals surface area contributed by atoms with E-state index in [0.717, 1.165) is 10.0 Å². The first kappa shape index (κ1) is 13.9. The summed E-state index contributed by atoms with van der Waals surface area (Å²) >= 11 is 10.9. The number of thioether (sulfide) groups is 1. The molecule has 1 aliphatic rings. The molecule has 102 valence electrons. The lowest BCUT2D eigenvalue weighted by molar-refractivity contribution is -0.115. The molecule has 20 heavy (non-hydrogen) atoms. The molecule has 1 aliphatic heterocycles. The van der Waals surface area contributed by atoms with Gasteiger partial charge in [0.1, 0.15) is 11.2 Å². The zero-order valence-corrected chi connectivity index (χ0v) is 13.5. The van der Waals surface area contributed by atoms with Gasteiger partial charge < -0.3 is 0 Å². The molecule has 2 heterocycles. The van der Waals surface area contributed by atoms with Gasteiger partial charge in [-0.25, -0.2) is 4.98 Å². The number of carbonyl (C=O) groups is 1. The largest absolute Gasteiger partial charge is 0.279 e. The van der Waals surface area contributed by atoms with Crippen LogP contribution in [0.5, 0.6) is 0 Å². The number of anilines is 1. The average Bonchev–Trinajstić information content (AvgIpc) is 2.83. The summed E-state index contributed by atoms with van der Waals surface area (Å²) in [6.45, 7) is 0. The number of hydrogen-bond donors (Lipinski definition) is 0. The summed E-state index contributed by atoms with van der Waals surface area (Å²) in [6.07, 6.45) is 1.70. The van der Waals surface area contributed by atoms with Crippen molar-refractivity contribution in [3.63, 3.8) is 0 Å². The molecule has 0 radical (unpaired) electrons. The predicted molar refractivity (Wildman–Crippen MR) is 86.1 cm³/mol. The molecular weight excluding hydrogens is 360 g/mol. The highest BCUT2D eigenvalue weighted by Gasteiger charge is 2.34. The average molecular weight is 370 g/mol. The van der Waals surface area contributed by atoms with Crippen LogP contribution < -0.4 is 4.90 Å². The number of rotatable bonds is 2. The Hall–Kier alpha value is -1.04. The van der Waals surface area contributed by atoms with E-state index in [1.165, 1.54) is 0 Å².